The normalized spacial score (nSPS) is 13.9. The molecule has 1 fully saturated rings. The molecule has 0 saturated carbocycles. The molecule has 0 aliphatic carbocycles. The molecule has 2 aromatic carbocycles. The van der Waals surface area contributed by atoms with Gasteiger partial charge in [-0.2, -0.15) is 0 Å². The summed E-state index contributed by atoms with van der Waals surface area (Å²) in [6, 6.07) is 24.1. The Morgan fingerprint density at radius 3 is 2.41 bits per heavy atom. The maximum atomic E-state index is 13.2. The summed E-state index contributed by atoms with van der Waals surface area (Å²) >= 11 is 1.52. The van der Waals surface area contributed by atoms with Gasteiger partial charge in [0.2, 0.25) is 0 Å². The number of piperidine rings is 1. The van der Waals surface area contributed by atoms with Gasteiger partial charge < -0.3 is 14.4 Å². The molecule has 0 N–H and O–H groups in total. The van der Waals surface area contributed by atoms with Gasteiger partial charge in [0.1, 0.15) is 10.7 Å². The minimum Gasteiger partial charge on any atom is -0.343 e. The molecule has 5 rings (SSSR count). The maximum absolute atomic E-state index is 13.2. The molecule has 4 aromatic rings. The Balaban J connectivity index is 1.18. The van der Waals surface area contributed by atoms with Crippen molar-refractivity contribution in [1.82, 2.24) is 19.4 Å². The monoisotopic (exact) mass is 540 g/mol. The smallest absolute Gasteiger partial charge is 0.273 e. The van der Waals surface area contributed by atoms with E-state index in [4.69, 9.17) is 4.98 Å². The molecule has 6 nitrogen and oxygen atoms in total. The first-order valence-corrected chi connectivity index (χ1v) is 14.7. The minimum absolute atomic E-state index is 0.0333. The van der Waals surface area contributed by atoms with Crippen LogP contribution in [0.2, 0.25) is 0 Å². The van der Waals surface area contributed by atoms with Crippen molar-refractivity contribution < 1.29 is 9.59 Å². The number of hydrogen-bond acceptors (Lipinski definition) is 4. The summed E-state index contributed by atoms with van der Waals surface area (Å²) in [7, 11) is 0. The van der Waals surface area contributed by atoms with Gasteiger partial charge in [-0.15, -0.1) is 11.3 Å². The number of thiazole rings is 1. The van der Waals surface area contributed by atoms with Crippen molar-refractivity contribution in [1.29, 1.82) is 0 Å². The minimum atomic E-state index is 0.0333. The molecule has 202 valence electrons. The molecule has 39 heavy (non-hydrogen) atoms. The molecule has 2 aromatic heterocycles. The molecule has 2 amide bonds. The highest BCUT2D eigenvalue weighted by molar-refractivity contribution is 7.09. The number of likely N-dealkylation sites (tertiary alicyclic amines) is 1. The van der Waals surface area contributed by atoms with Gasteiger partial charge in [0.05, 0.1) is 13.1 Å². The fourth-order valence-corrected chi connectivity index (χ4v) is 6.07. The van der Waals surface area contributed by atoms with Crippen LogP contribution in [-0.4, -0.2) is 50.8 Å². The van der Waals surface area contributed by atoms with Crippen molar-refractivity contribution in [2.45, 2.75) is 45.7 Å². The Morgan fingerprint density at radius 2 is 1.69 bits per heavy atom. The van der Waals surface area contributed by atoms with Crippen molar-refractivity contribution in [3.05, 3.63) is 112 Å². The molecule has 1 aliphatic rings. The number of nitrogens with zero attached hydrogens (tertiary/aromatic N) is 4. The van der Waals surface area contributed by atoms with Gasteiger partial charge in [0.15, 0.2) is 0 Å². The molecule has 1 saturated heterocycles. The Labute approximate surface area is 234 Å². The van der Waals surface area contributed by atoms with Crippen LogP contribution in [-0.2, 0) is 19.5 Å². The van der Waals surface area contributed by atoms with Gasteiger partial charge >= 0.3 is 0 Å². The van der Waals surface area contributed by atoms with Crippen molar-refractivity contribution in [2.24, 2.45) is 5.92 Å². The highest BCUT2D eigenvalue weighted by atomic mass is 32.1. The van der Waals surface area contributed by atoms with Gasteiger partial charge in [-0.1, -0.05) is 55.5 Å². The van der Waals surface area contributed by atoms with Crippen molar-refractivity contribution in [3.63, 3.8) is 0 Å². The lowest BCUT2D eigenvalue weighted by Crippen LogP contribution is -2.39. The second-order valence-corrected chi connectivity index (χ2v) is 11.2. The molecule has 1 aliphatic heterocycles. The molecule has 3 heterocycles. The molecule has 0 bridgehead atoms. The zero-order valence-corrected chi connectivity index (χ0v) is 23.4. The first-order chi connectivity index (χ1) is 19.1. The van der Waals surface area contributed by atoms with Crippen LogP contribution >= 0.6 is 11.3 Å². The summed E-state index contributed by atoms with van der Waals surface area (Å²) in [5.74, 6) is 0.696. The number of carbonyl (C=O) groups excluding carboxylic acids is 2. The molecule has 0 unspecified atom stereocenters. The topological polar surface area (TPSA) is 58.4 Å². The van der Waals surface area contributed by atoms with E-state index in [0.717, 1.165) is 49.5 Å². The van der Waals surface area contributed by atoms with Crippen LogP contribution in [0.5, 0.6) is 0 Å². The van der Waals surface area contributed by atoms with E-state index in [0.29, 0.717) is 36.8 Å². The Bertz CT molecular complexity index is 1360. The van der Waals surface area contributed by atoms with Crippen LogP contribution < -0.4 is 0 Å². The fraction of sp³-hybridized carbons (Fsp3) is 0.344. The lowest BCUT2D eigenvalue weighted by Gasteiger charge is -2.31. The molecular weight excluding hydrogens is 504 g/mol. The molecule has 0 atom stereocenters. The van der Waals surface area contributed by atoms with Gasteiger partial charge in [0, 0.05) is 42.5 Å². The number of rotatable bonds is 10. The lowest BCUT2D eigenvalue weighted by molar-refractivity contribution is 0.0684. The number of benzene rings is 2. The quantitative estimate of drug-likeness (QED) is 0.243. The third-order valence-corrected chi connectivity index (χ3v) is 8.26. The van der Waals surface area contributed by atoms with Gasteiger partial charge in [-0.25, -0.2) is 4.98 Å². The molecular formula is C32H36N4O2S. The summed E-state index contributed by atoms with van der Waals surface area (Å²) in [5, 5.41) is 2.78. The van der Waals surface area contributed by atoms with Crippen molar-refractivity contribution in [3.8, 4) is 0 Å². The van der Waals surface area contributed by atoms with E-state index < -0.39 is 0 Å². The van der Waals surface area contributed by atoms with E-state index in [1.165, 1.54) is 16.9 Å². The van der Waals surface area contributed by atoms with Crippen LogP contribution in [0.3, 0.4) is 0 Å². The summed E-state index contributed by atoms with van der Waals surface area (Å²) in [6.07, 6.45) is 6.05. The first-order valence-electron chi connectivity index (χ1n) is 13.9. The number of aromatic nitrogens is 2. The molecule has 0 radical (unpaired) electrons. The average Bonchev–Trinajstić information content (AvgIpc) is 3.63. The Morgan fingerprint density at radius 1 is 0.974 bits per heavy atom. The van der Waals surface area contributed by atoms with Crippen LogP contribution in [0.15, 0.2) is 84.4 Å². The SMILES string of the molecule is CCCN(Cc1cccn1Cc1nc(C(=O)N2CCC(Cc3ccccc3)CC2)cs1)C(=O)c1ccccc1. The van der Waals surface area contributed by atoms with E-state index in [2.05, 4.69) is 47.9 Å². The zero-order chi connectivity index (χ0) is 27.0. The molecule has 7 heteroatoms. The van der Waals surface area contributed by atoms with E-state index in [-0.39, 0.29) is 11.8 Å². The number of carbonyl (C=O) groups is 2. The Kier molecular flexibility index (Phi) is 8.89. The van der Waals surface area contributed by atoms with Gasteiger partial charge in [0.25, 0.3) is 11.8 Å². The predicted molar refractivity (Wildman–Crippen MR) is 156 cm³/mol. The predicted octanol–water partition coefficient (Wildman–Crippen LogP) is 6.14. The van der Waals surface area contributed by atoms with Gasteiger partial charge in [-0.3, -0.25) is 9.59 Å². The van der Waals surface area contributed by atoms with Crippen LogP contribution in [0.25, 0.3) is 0 Å². The number of hydrogen-bond donors (Lipinski definition) is 0. The van der Waals surface area contributed by atoms with E-state index in [9.17, 15) is 9.59 Å². The fourth-order valence-electron chi connectivity index (χ4n) is 5.31. The van der Waals surface area contributed by atoms with Crippen molar-refractivity contribution in [2.75, 3.05) is 19.6 Å². The second kappa shape index (κ2) is 12.9. The van der Waals surface area contributed by atoms with E-state index in [1.54, 1.807) is 0 Å². The summed E-state index contributed by atoms with van der Waals surface area (Å²) in [5.41, 5.74) is 3.67. The van der Waals surface area contributed by atoms with Gasteiger partial charge in [-0.05, 0) is 61.4 Å². The summed E-state index contributed by atoms with van der Waals surface area (Å²) < 4.78 is 2.13. The summed E-state index contributed by atoms with van der Waals surface area (Å²) in [6.45, 7) is 5.46. The van der Waals surface area contributed by atoms with E-state index in [1.807, 2.05) is 57.8 Å². The summed E-state index contributed by atoms with van der Waals surface area (Å²) in [4.78, 5) is 34.9. The average molecular weight is 541 g/mol. The maximum Gasteiger partial charge on any atom is 0.273 e. The van der Waals surface area contributed by atoms with E-state index >= 15 is 0 Å². The zero-order valence-electron chi connectivity index (χ0n) is 22.5. The highest BCUT2D eigenvalue weighted by Crippen LogP contribution is 2.24. The van der Waals surface area contributed by atoms with Crippen molar-refractivity contribution >= 4 is 23.2 Å². The number of amides is 2. The Hall–Kier alpha value is -3.71. The largest absolute Gasteiger partial charge is 0.343 e. The molecule has 0 spiro atoms. The standard InChI is InChI=1S/C32H36N4O2S/c1-2-17-36(31(37)27-12-7-4-8-13-27)22-28-14-9-18-35(28)23-30-33-29(24-39-30)32(38)34-19-15-26(16-20-34)21-25-10-5-3-6-11-25/h3-14,18,24,26H,2,15-17,19-23H2,1H3. The van der Waals surface area contributed by atoms with Crippen LogP contribution in [0.1, 0.15) is 63.3 Å². The first kappa shape index (κ1) is 26.9. The third-order valence-electron chi connectivity index (χ3n) is 7.42. The lowest BCUT2D eigenvalue weighted by atomic mass is 9.90. The second-order valence-electron chi connectivity index (χ2n) is 10.3. The van der Waals surface area contributed by atoms with Crippen LogP contribution in [0, 0.1) is 5.92 Å². The van der Waals surface area contributed by atoms with Crippen LogP contribution in [0.4, 0.5) is 0 Å². The third kappa shape index (κ3) is 6.84. The highest BCUT2D eigenvalue weighted by Gasteiger charge is 2.25.